The average molecular weight is 289 g/mol. The molecule has 1 aromatic carbocycles. The SMILES string of the molecule is COc1ccc(C(C)NCCc2nccn2C)c(OC)c1. The predicted octanol–water partition coefficient (Wildman–Crippen LogP) is 2.33. The fourth-order valence-electron chi connectivity index (χ4n) is 2.32. The normalized spacial score (nSPS) is 12.2. The molecule has 5 heteroatoms. The molecule has 21 heavy (non-hydrogen) atoms. The first kappa shape index (κ1) is 15.4. The molecule has 5 nitrogen and oxygen atoms in total. The Kier molecular flexibility index (Phi) is 5.22. The molecule has 0 aliphatic carbocycles. The number of aryl methyl sites for hydroxylation is 1. The molecule has 0 radical (unpaired) electrons. The summed E-state index contributed by atoms with van der Waals surface area (Å²) in [7, 11) is 5.35. The first-order chi connectivity index (χ1) is 10.2. The van der Waals surface area contributed by atoms with Crippen molar-refractivity contribution >= 4 is 0 Å². The van der Waals surface area contributed by atoms with E-state index in [2.05, 4.69) is 17.2 Å². The van der Waals surface area contributed by atoms with Crippen molar-refractivity contribution < 1.29 is 9.47 Å². The highest BCUT2D eigenvalue weighted by atomic mass is 16.5. The lowest BCUT2D eigenvalue weighted by Gasteiger charge is -2.18. The summed E-state index contributed by atoms with van der Waals surface area (Å²) in [5.41, 5.74) is 1.12. The second-order valence-corrected chi connectivity index (χ2v) is 4.99. The maximum Gasteiger partial charge on any atom is 0.127 e. The quantitative estimate of drug-likeness (QED) is 0.850. The van der Waals surface area contributed by atoms with Crippen LogP contribution in [0.3, 0.4) is 0 Å². The van der Waals surface area contributed by atoms with Crippen LogP contribution in [0.2, 0.25) is 0 Å². The number of nitrogens with one attached hydrogen (secondary N) is 1. The van der Waals surface area contributed by atoms with Crippen LogP contribution in [0.4, 0.5) is 0 Å². The van der Waals surface area contributed by atoms with Crippen LogP contribution in [0.1, 0.15) is 24.4 Å². The first-order valence-corrected chi connectivity index (χ1v) is 7.07. The Morgan fingerprint density at radius 2 is 2.10 bits per heavy atom. The van der Waals surface area contributed by atoms with Crippen LogP contribution < -0.4 is 14.8 Å². The van der Waals surface area contributed by atoms with Crippen LogP contribution in [0.15, 0.2) is 30.6 Å². The zero-order valence-corrected chi connectivity index (χ0v) is 13.1. The maximum atomic E-state index is 5.44. The average Bonchev–Trinajstić information content (AvgIpc) is 2.91. The Bertz CT molecular complexity index is 581. The molecular weight excluding hydrogens is 266 g/mol. The van der Waals surface area contributed by atoms with Crippen molar-refractivity contribution in [3.63, 3.8) is 0 Å². The number of methoxy groups -OCH3 is 2. The monoisotopic (exact) mass is 289 g/mol. The number of rotatable bonds is 7. The molecule has 1 unspecified atom stereocenters. The van der Waals surface area contributed by atoms with Gasteiger partial charge in [0.05, 0.1) is 14.2 Å². The molecule has 0 amide bonds. The number of ether oxygens (including phenoxy) is 2. The second kappa shape index (κ2) is 7.13. The lowest BCUT2D eigenvalue weighted by Crippen LogP contribution is -2.22. The summed E-state index contributed by atoms with van der Waals surface area (Å²) in [6.07, 6.45) is 4.68. The van der Waals surface area contributed by atoms with Gasteiger partial charge in [-0.15, -0.1) is 0 Å². The lowest BCUT2D eigenvalue weighted by molar-refractivity contribution is 0.386. The fraction of sp³-hybridized carbons (Fsp3) is 0.438. The Labute approximate surface area is 125 Å². The lowest BCUT2D eigenvalue weighted by atomic mass is 10.1. The number of imidazole rings is 1. The van der Waals surface area contributed by atoms with E-state index in [1.807, 2.05) is 42.2 Å². The molecule has 114 valence electrons. The summed E-state index contributed by atoms with van der Waals surface area (Å²) in [5, 5.41) is 3.50. The molecule has 0 fully saturated rings. The third-order valence-corrected chi connectivity index (χ3v) is 3.63. The van der Waals surface area contributed by atoms with Gasteiger partial charge < -0.3 is 19.4 Å². The number of benzene rings is 1. The zero-order chi connectivity index (χ0) is 15.2. The minimum absolute atomic E-state index is 0.200. The largest absolute Gasteiger partial charge is 0.497 e. The summed E-state index contributed by atoms with van der Waals surface area (Å²) in [5.74, 6) is 2.72. The highest BCUT2D eigenvalue weighted by Crippen LogP contribution is 2.29. The Hall–Kier alpha value is -2.01. The van der Waals surface area contributed by atoms with Gasteiger partial charge in [-0.05, 0) is 13.0 Å². The fourth-order valence-corrected chi connectivity index (χ4v) is 2.32. The van der Waals surface area contributed by atoms with Gasteiger partial charge in [-0.3, -0.25) is 0 Å². The van der Waals surface area contributed by atoms with Gasteiger partial charge in [-0.1, -0.05) is 6.07 Å². The minimum Gasteiger partial charge on any atom is -0.497 e. The van der Waals surface area contributed by atoms with Crippen molar-refractivity contribution in [1.29, 1.82) is 0 Å². The summed E-state index contributed by atoms with van der Waals surface area (Å²) < 4.78 is 12.7. The van der Waals surface area contributed by atoms with E-state index in [9.17, 15) is 0 Å². The van der Waals surface area contributed by atoms with Crippen LogP contribution in [0.5, 0.6) is 11.5 Å². The predicted molar refractivity (Wildman–Crippen MR) is 82.9 cm³/mol. The van der Waals surface area contributed by atoms with Gasteiger partial charge in [0, 0.05) is 50.1 Å². The van der Waals surface area contributed by atoms with Crippen molar-refractivity contribution in [3.05, 3.63) is 42.0 Å². The summed E-state index contributed by atoms with van der Waals surface area (Å²) in [6.45, 7) is 2.99. The third-order valence-electron chi connectivity index (χ3n) is 3.63. The maximum absolute atomic E-state index is 5.44. The molecule has 0 aliphatic rings. The Morgan fingerprint density at radius 3 is 2.71 bits per heavy atom. The first-order valence-electron chi connectivity index (χ1n) is 7.07. The van der Waals surface area contributed by atoms with Crippen LogP contribution in [-0.4, -0.2) is 30.3 Å². The van der Waals surface area contributed by atoms with E-state index in [0.29, 0.717) is 0 Å². The van der Waals surface area contributed by atoms with Gasteiger partial charge in [0.2, 0.25) is 0 Å². The molecular formula is C16H23N3O2. The van der Waals surface area contributed by atoms with Crippen molar-refractivity contribution in [2.45, 2.75) is 19.4 Å². The van der Waals surface area contributed by atoms with E-state index in [1.54, 1.807) is 14.2 Å². The van der Waals surface area contributed by atoms with Crippen molar-refractivity contribution in [2.24, 2.45) is 7.05 Å². The van der Waals surface area contributed by atoms with Crippen molar-refractivity contribution in [2.75, 3.05) is 20.8 Å². The Balaban J connectivity index is 1.96. The zero-order valence-electron chi connectivity index (χ0n) is 13.1. The van der Waals surface area contributed by atoms with Gasteiger partial charge in [0.15, 0.2) is 0 Å². The van der Waals surface area contributed by atoms with E-state index < -0.39 is 0 Å². The molecule has 0 saturated carbocycles. The number of aromatic nitrogens is 2. The minimum atomic E-state index is 0.200. The molecule has 1 heterocycles. The van der Waals surface area contributed by atoms with Gasteiger partial charge in [-0.2, -0.15) is 0 Å². The second-order valence-electron chi connectivity index (χ2n) is 4.99. The van der Waals surface area contributed by atoms with Crippen LogP contribution >= 0.6 is 0 Å². The summed E-state index contributed by atoms with van der Waals surface area (Å²) in [4.78, 5) is 4.32. The van der Waals surface area contributed by atoms with Gasteiger partial charge in [0.1, 0.15) is 17.3 Å². The van der Waals surface area contributed by atoms with Crippen LogP contribution in [0.25, 0.3) is 0 Å². The highest BCUT2D eigenvalue weighted by molar-refractivity contribution is 5.42. The molecule has 1 aromatic heterocycles. The molecule has 0 saturated heterocycles. The van der Waals surface area contributed by atoms with Gasteiger partial charge in [0.25, 0.3) is 0 Å². The van der Waals surface area contributed by atoms with E-state index in [1.165, 1.54) is 0 Å². The molecule has 0 aliphatic heterocycles. The topological polar surface area (TPSA) is 48.3 Å². The summed E-state index contributed by atoms with van der Waals surface area (Å²) >= 11 is 0. The standard InChI is InChI=1S/C16H23N3O2/c1-12(17-8-7-16-18-9-10-19(16)2)14-6-5-13(20-3)11-15(14)21-4/h5-6,9-12,17H,7-8H2,1-4H3. The van der Waals surface area contributed by atoms with Crippen molar-refractivity contribution in [1.82, 2.24) is 14.9 Å². The number of hydrogen-bond acceptors (Lipinski definition) is 4. The molecule has 1 atom stereocenters. The smallest absolute Gasteiger partial charge is 0.127 e. The molecule has 1 N–H and O–H groups in total. The molecule has 0 spiro atoms. The molecule has 0 bridgehead atoms. The van der Waals surface area contributed by atoms with E-state index in [-0.39, 0.29) is 6.04 Å². The Morgan fingerprint density at radius 1 is 1.29 bits per heavy atom. The van der Waals surface area contributed by atoms with Crippen LogP contribution in [-0.2, 0) is 13.5 Å². The highest BCUT2D eigenvalue weighted by Gasteiger charge is 2.12. The van der Waals surface area contributed by atoms with E-state index in [0.717, 1.165) is 35.9 Å². The van der Waals surface area contributed by atoms with Crippen molar-refractivity contribution in [3.8, 4) is 11.5 Å². The molecule has 2 rings (SSSR count). The number of nitrogens with zero attached hydrogens (tertiary/aromatic N) is 2. The van der Waals surface area contributed by atoms with Crippen LogP contribution in [0, 0.1) is 0 Å². The summed E-state index contributed by atoms with van der Waals surface area (Å²) in [6, 6.07) is 6.10. The third kappa shape index (κ3) is 3.76. The van der Waals surface area contributed by atoms with E-state index >= 15 is 0 Å². The van der Waals surface area contributed by atoms with Gasteiger partial charge >= 0.3 is 0 Å². The molecule has 2 aromatic rings. The number of hydrogen-bond donors (Lipinski definition) is 1. The van der Waals surface area contributed by atoms with E-state index in [4.69, 9.17) is 9.47 Å². The van der Waals surface area contributed by atoms with Gasteiger partial charge in [-0.25, -0.2) is 4.98 Å².